The minimum atomic E-state index is -0.866. The number of benzene rings is 1. The summed E-state index contributed by atoms with van der Waals surface area (Å²) < 4.78 is 5.39. The van der Waals surface area contributed by atoms with Crippen molar-refractivity contribution >= 4 is 0 Å². The maximum absolute atomic E-state index is 8.97. The van der Waals surface area contributed by atoms with Crippen molar-refractivity contribution in [1.29, 1.82) is 5.26 Å². The fourth-order valence-electron chi connectivity index (χ4n) is 1.53. The van der Waals surface area contributed by atoms with Crippen LogP contribution in [-0.4, -0.2) is 6.61 Å². The summed E-state index contributed by atoms with van der Waals surface area (Å²) in [5.41, 5.74) is 5.86. The zero-order valence-corrected chi connectivity index (χ0v) is 7.16. The minimum Gasteiger partial charge on any atom is -0.493 e. The van der Waals surface area contributed by atoms with Crippen LogP contribution in [0.5, 0.6) is 5.75 Å². The summed E-state index contributed by atoms with van der Waals surface area (Å²) in [6, 6.07) is 9.56. The van der Waals surface area contributed by atoms with Gasteiger partial charge in [0, 0.05) is 12.0 Å². The molecule has 0 fully saturated rings. The van der Waals surface area contributed by atoms with Crippen LogP contribution in [-0.2, 0) is 5.54 Å². The predicted octanol–water partition coefficient (Wildman–Crippen LogP) is 1.15. The average Bonchev–Trinajstić information content (AvgIpc) is 2.19. The highest BCUT2D eigenvalue weighted by Gasteiger charge is 2.33. The summed E-state index contributed by atoms with van der Waals surface area (Å²) in [5.74, 6) is 0.734. The molecule has 0 spiro atoms. The number of nitrogens with zero attached hydrogens (tertiary/aromatic N) is 1. The second-order valence-electron chi connectivity index (χ2n) is 3.18. The molecule has 13 heavy (non-hydrogen) atoms. The highest BCUT2D eigenvalue weighted by molar-refractivity contribution is 5.44. The fourth-order valence-corrected chi connectivity index (χ4v) is 1.53. The van der Waals surface area contributed by atoms with Crippen molar-refractivity contribution in [2.24, 2.45) is 5.73 Å². The molecule has 3 heteroatoms. The third kappa shape index (κ3) is 1.16. The molecule has 2 N–H and O–H groups in total. The van der Waals surface area contributed by atoms with Gasteiger partial charge in [-0.15, -0.1) is 0 Å². The van der Waals surface area contributed by atoms with Gasteiger partial charge in [0.1, 0.15) is 11.3 Å². The molecule has 3 nitrogen and oxygen atoms in total. The summed E-state index contributed by atoms with van der Waals surface area (Å²) in [7, 11) is 0. The Balaban J connectivity index is 2.56. The highest BCUT2D eigenvalue weighted by Crippen LogP contribution is 2.34. The van der Waals surface area contributed by atoms with E-state index in [0.717, 1.165) is 11.3 Å². The van der Waals surface area contributed by atoms with E-state index in [0.29, 0.717) is 13.0 Å². The van der Waals surface area contributed by atoms with Crippen molar-refractivity contribution in [2.75, 3.05) is 6.61 Å². The molecular weight excluding hydrogens is 164 g/mol. The van der Waals surface area contributed by atoms with Gasteiger partial charge in [-0.2, -0.15) is 5.26 Å². The molecule has 0 saturated carbocycles. The van der Waals surface area contributed by atoms with Crippen LogP contribution in [0.25, 0.3) is 0 Å². The summed E-state index contributed by atoms with van der Waals surface area (Å²) in [4.78, 5) is 0. The third-order valence-electron chi connectivity index (χ3n) is 2.32. The molecule has 66 valence electrons. The van der Waals surface area contributed by atoms with Crippen LogP contribution in [0.3, 0.4) is 0 Å². The number of rotatable bonds is 0. The Kier molecular flexibility index (Phi) is 1.71. The zero-order chi connectivity index (χ0) is 9.31. The van der Waals surface area contributed by atoms with E-state index in [1.165, 1.54) is 0 Å². The van der Waals surface area contributed by atoms with Gasteiger partial charge in [-0.1, -0.05) is 18.2 Å². The molecule has 1 heterocycles. The predicted molar refractivity (Wildman–Crippen MR) is 48.0 cm³/mol. The van der Waals surface area contributed by atoms with Crippen LogP contribution >= 0.6 is 0 Å². The van der Waals surface area contributed by atoms with Crippen LogP contribution in [0.15, 0.2) is 24.3 Å². The Morgan fingerprint density at radius 1 is 1.46 bits per heavy atom. The molecule has 1 aromatic carbocycles. The normalized spacial score (nSPS) is 25.5. The largest absolute Gasteiger partial charge is 0.493 e. The molecule has 0 unspecified atom stereocenters. The smallest absolute Gasteiger partial charge is 0.136 e. The molecule has 1 aromatic rings. The van der Waals surface area contributed by atoms with Gasteiger partial charge in [-0.3, -0.25) is 0 Å². The zero-order valence-electron chi connectivity index (χ0n) is 7.16. The molecule has 0 amide bonds. The summed E-state index contributed by atoms with van der Waals surface area (Å²) in [6.07, 6.45) is 0.556. The standard InChI is InChI=1S/C10H10N2O/c11-7-10(12)5-6-13-9-4-2-1-3-8(9)10/h1-4H,5-6,12H2/t10-/m0/s1. The second-order valence-corrected chi connectivity index (χ2v) is 3.18. The first-order valence-corrected chi connectivity index (χ1v) is 4.19. The van der Waals surface area contributed by atoms with Crippen LogP contribution < -0.4 is 10.5 Å². The highest BCUT2D eigenvalue weighted by atomic mass is 16.5. The number of fused-ring (bicyclic) bond motifs is 1. The van der Waals surface area contributed by atoms with Gasteiger partial charge >= 0.3 is 0 Å². The fraction of sp³-hybridized carbons (Fsp3) is 0.300. The van der Waals surface area contributed by atoms with Crippen molar-refractivity contribution in [3.8, 4) is 11.8 Å². The molecule has 0 aliphatic carbocycles. The SMILES string of the molecule is N#C[C@@]1(N)CCOc2ccccc21. The first-order chi connectivity index (χ1) is 6.26. The Morgan fingerprint density at radius 2 is 2.23 bits per heavy atom. The van der Waals surface area contributed by atoms with Crippen LogP contribution in [0.2, 0.25) is 0 Å². The monoisotopic (exact) mass is 174 g/mol. The molecule has 1 aliphatic rings. The van der Waals surface area contributed by atoms with Gasteiger partial charge in [0.2, 0.25) is 0 Å². The first-order valence-electron chi connectivity index (χ1n) is 4.19. The van der Waals surface area contributed by atoms with E-state index in [1.54, 1.807) is 0 Å². The van der Waals surface area contributed by atoms with E-state index >= 15 is 0 Å². The van der Waals surface area contributed by atoms with Gasteiger partial charge in [0.15, 0.2) is 0 Å². The lowest BCUT2D eigenvalue weighted by Crippen LogP contribution is -2.39. The summed E-state index contributed by atoms with van der Waals surface area (Å²) in [5, 5.41) is 8.97. The lowest BCUT2D eigenvalue weighted by atomic mass is 9.87. The van der Waals surface area contributed by atoms with E-state index in [4.69, 9.17) is 15.7 Å². The van der Waals surface area contributed by atoms with Crippen molar-refractivity contribution in [1.82, 2.24) is 0 Å². The summed E-state index contributed by atoms with van der Waals surface area (Å²) in [6.45, 7) is 0.515. The molecule has 0 radical (unpaired) electrons. The van der Waals surface area contributed by atoms with Gasteiger partial charge in [-0.25, -0.2) is 0 Å². The summed E-state index contributed by atoms with van der Waals surface area (Å²) >= 11 is 0. The molecule has 0 bridgehead atoms. The van der Waals surface area contributed by atoms with Crippen molar-refractivity contribution < 1.29 is 4.74 Å². The molecule has 1 atom stereocenters. The molecule has 1 aliphatic heterocycles. The molecule has 0 aromatic heterocycles. The number of hydrogen-bond acceptors (Lipinski definition) is 3. The van der Waals surface area contributed by atoms with Gasteiger partial charge in [0.05, 0.1) is 12.7 Å². The first kappa shape index (κ1) is 8.09. The molecule has 2 rings (SSSR count). The lowest BCUT2D eigenvalue weighted by Gasteiger charge is -2.29. The Hall–Kier alpha value is -1.53. The Morgan fingerprint density at radius 3 is 3.00 bits per heavy atom. The molecular formula is C10H10N2O. The number of para-hydroxylation sites is 1. The van der Waals surface area contributed by atoms with Crippen molar-refractivity contribution in [3.05, 3.63) is 29.8 Å². The van der Waals surface area contributed by atoms with E-state index in [-0.39, 0.29) is 0 Å². The minimum absolute atomic E-state index is 0.515. The number of hydrogen-bond donors (Lipinski definition) is 1. The number of nitriles is 1. The van der Waals surface area contributed by atoms with E-state index < -0.39 is 5.54 Å². The van der Waals surface area contributed by atoms with E-state index in [1.807, 2.05) is 24.3 Å². The number of ether oxygens (including phenoxy) is 1. The van der Waals surface area contributed by atoms with Gasteiger partial charge in [-0.05, 0) is 6.07 Å². The van der Waals surface area contributed by atoms with Gasteiger partial charge in [0.25, 0.3) is 0 Å². The number of nitrogens with two attached hydrogens (primary N) is 1. The van der Waals surface area contributed by atoms with Crippen LogP contribution in [0.1, 0.15) is 12.0 Å². The van der Waals surface area contributed by atoms with E-state index in [9.17, 15) is 0 Å². The van der Waals surface area contributed by atoms with E-state index in [2.05, 4.69) is 6.07 Å². The second kappa shape index (κ2) is 2.75. The lowest BCUT2D eigenvalue weighted by molar-refractivity contribution is 0.245. The van der Waals surface area contributed by atoms with Crippen molar-refractivity contribution in [3.63, 3.8) is 0 Å². The average molecular weight is 174 g/mol. The Labute approximate surface area is 76.7 Å². The van der Waals surface area contributed by atoms with Gasteiger partial charge < -0.3 is 10.5 Å². The quantitative estimate of drug-likeness (QED) is 0.641. The maximum Gasteiger partial charge on any atom is 0.136 e. The topological polar surface area (TPSA) is 59.0 Å². The third-order valence-corrected chi connectivity index (χ3v) is 2.32. The Bertz CT molecular complexity index is 369. The van der Waals surface area contributed by atoms with Crippen LogP contribution in [0.4, 0.5) is 0 Å². The van der Waals surface area contributed by atoms with Crippen LogP contribution in [0, 0.1) is 11.3 Å². The molecule has 0 saturated heterocycles. The van der Waals surface area contributed by atoms with Crippen molar-refractivity contribution in [2.45, 2.75) is 12.0 Å². The maximum atomic E-state index is 8.97.